The van der Waals surface area contributed by atoms with Crippen LogP contribution in [0.15, 0.2) is 43.0 Å². The van der Waals surface area contributed by atoms with Gasteiger partial charge in [0.2, 0.25) is 0 Å². The third kappa shape index (κ3) is 3.92. The summed E-state index contributed by atoms with van der Waals surface area (Å²) in [6.07, 6.45) is 8.38. The zero-order chi connectivity index (χ0) is 14.3. The van der Waals surface area contributed by atoms with Gasteiger partial charge in [0.05, 0.1) is 18.1 Å². The first-order chi connectivity index (χ1) is 10.4. The molecule has 21 heavy (non-hydrogen) atoms. The molecule has 0 aliphatic carbocycles. The monoisotopic (exact) mass is 284 g/mol. The van der Waals surface area contributed by atoms with Crippen molar-refractivity contribution in [2.45, 2.75) is 13.0 Å². The molecule has 0 unspecified atom stereocenters. The number of nitrogens with zero attached hydrogens (tertiary/aromatic N) is 3. The van der Waals surface area contributed by atoms with Crippen LogP contribution in [0.2, 0.25) is 0 Å². The Kier molecular flexibility index (Phi) is 4.63. The van der Waals surface area contributed by atoms with Gasteiger partial charge in [0.15, 0.2) is 0 Å². The molecule has 1 N–H and O–H groups in total. The van der Waals surface area contributed by atoms with Crippen LogP contribution < -0.4 is 15.0 Å². The molecule has 0 bridgehead atoms. The van der Waals surface area contributed by atoms with Gasteiger partial charge in [-0.15, -0.1) is 0 Å². The minimum absolute atomic E-state index is 0.537. The first-order valence-electron chi connectivity index (χ1n) is 7.34. The predicted octanol–water partition coefficient (Wildman–Crippen LogP) is 1.86. The van der Waals surface area contributed by atoms with E-state index in [0.29, 0.717) is 6.61 Å². The fourth-order valence-electron chi connectivity index (χ4n) is 2.41. The Morgan fingerprint density at radius 2 is 2.00 bits per heavy atom. The van der Waals surface area contributed by atoms with Crippen molar-refractivity contribution in [1.82, 2.24) is 15.3 Å². The van der Waals surface area contributed by atoms with Gasteiger partial charge in [0, 0.05) is 38.1 Å². The van der Waals surface area contributed by atoms with Crippen molar-refractivity contribution in [1.29, 1.82) is 0 Å². The van der Waals surface area contributed by atoms with Crippen molar-refractivity contribution in [3.05, 3.63) is 48.5 Å². The summed E-state index contributed by atoms with van der Waals surface area (Å²) < 4.78 is 5.82. The molecule has 1 aliphatic rings. The highest BCUT2D eigenvalue weighted by Gasteiger charge is 2.10. The number of nitrogens with one attached hydrogen (secondary N) is 1. The predicted molar refractivity (Wildman–Crippen MR) is 82.5 cm³/mol. The maximum absolute atomic E-state index is 5.82. The van der Waals surface area contributed by atoms with Crippen LogP contribution in [-0.4, -0.2) is 36.1 Å². The lowest BCUT2D eigenvalue weighted by Crippen LogP contribution is -2.27. The number of hydrogen-bond acceptors (Lipinski definition) is 5. The van der Waals surface area contributed by atoms with Crippen LogP contribution in [0, 0.1) is 0 Å². The van der Waals surface area contributed by atoms with Crippen LogP contribution >= 0.6 is 0 Å². The van der Waals surface area contributed by atoms with Gasteiger partial charge >= 0.3 is 0 Å². The van der Waals surface area contributed by atoms with Crippen molar-refractivity contribution in [2.75, 3.05) is 31.1 Å². The lowest BCUT2D eigenvalue weighted by molar-refractivity contribution is 0.305. The fraction of sp³-hybridized carbons (Fsp3) is 0.375. The summed E-state index contributed by atoms with van der Waals surface area (Å²) in [4.78, 5) is 10.7. The van der Waals surface area contributed by atoms with E-state index < -0.39 is 0 Å². The maximum Gasteiger partial charge on any atom is 0.140 e. The van der Waals surface area contributed by atoms with E-state index in [1.807, 2.05) is 18.3 Å². The largest absolute Gasteiger partial charge is 0.487 e. The standard InChI is InChI=1S/C16H20N4O/c1-4-17-7-9-20(8-1)15-10-16(12-19-11-15)21-13-14-2-5-18-6-3-14/h2-3,5-6,10-12,17H,1,4,7-9,13H2. The molecular weight excluding hydrogens is 264 g/mol. The molecule has 5 heteroatoms. The molecule has 1 aliphatic heterocycles. The molecule has 0 saturated carbocycles. The van der Waals surface area contributed by atoms with Gasteiger partial charge < -0.3 is 15.0 Å². The molecule has 3 heterocycles. The molecule has 110 valence electrons. The summed E-state index contributed by atoms with van der Waals surface area (Å²) >= 11 is 0. The molecule has 1 saturated heterocycles. The number of pyridine rings is 2. The van der Waals surface area contributed by atoms with Crippen LogP contribution in [0.1, 0.15) is 12.0 Å². The van der Waals surface area contributed by atoms with E-state index in [-0.39, 0.29) is 0 Å². The molecule has 5 nitrogen and oxygen atoms in total. The summed E-state index contributed by atoms with van der Waals surface area (Å²) in [5.74, 6) is 0.807. The first-order valence-corrected chi connectivity index (χ1v) is 7.34. The van der Waals surface area contributed by atoms with Gasteiger partial charge in [-0.2, -0.15) is 0 Å². The van der Waals surface area contributed by atoms with Gasteiger partial charge in [-0.05, 0) is 30.7 Å². The lowest BCUT2D eigenvalue weighted by atomic mass is 10.3. The first kappa shape index (κ1) is 13.8. The van der Waals surface area contributed by atoms with Crippen LogP contribution in [-0.2, 0) is 6.61 Å². The van der Waals surface area contributed by atoms with E-state index in [1.54, 1.807) is 18.6 Å². The average molecular weight is 284 g/mol. The third-order valence-electron chi connectivity index (χ3n) is 3.56. The van der Waals surface area contributed by atoms with E-state index in [2.05, 4.69) is 26.3 Å². The summed E-state index contributed by atoms with van der Waals surface area (Å²) in [5, 5.41) is 3.41. The van der Waals surface area contributed by atoms with Gasteiger partial charge in [-0.1, -0.05) is 0 Å². The summed E-state index contributed by atoms with van der Waals surface area (Å²) in [5.41, 5.74) is 2.24. The Bertz CT molecular complexity index is 553. The lowest BCUT2D eigenvalue weighted by Gasteiger charge is -2.22. The van der Waals surface area contributed by atoms with E-state index in [1.165, 1.54) is 0 Å². The molecule has 0 amide bonds. The van der Waals surface area contributed by atoms with E-state index in [0.717, 1.165) is 49.6 Å². The Labute approximate surface area is 125 Å². The van der Waals surface area contributed by atoms with Crippen LogP contribution in [0.4, 0.5) is 5.69 Å². The van der Waals surface area contributed by atoms with Crippen molar-refractivity contribution < 1.29 is 4.74 Å². The molecule has 2 aromatic rings. The van der Waals surface area contributed by atoms with Crippen LogP contribution in [0.5, 0.6) is 5.75 Å². The molecular formula is C16H20N4O. The Hall–Kier alpha value is -2.14. The molecule has 0 aromatic carbocycles. The minimum atomic E-state index is 0.537. The van der Waals surface area contributed by atoms with E-state index in [4.69, 9.17) is 4.74 Å². The van der Waals surface area contributed by atoms with Gasteiger partial charge in [0.25, 0.3) is 0 Å². The number of rotatable bonds is 4. The van der Waals surface area contributed by atoms with Crippen LogP contribution in [0.3, 0.4) is 0 Å². The third-order valence-corrected chi connectivity index (χ3v) is 3.56. The summed E-state index contributed by atoms with van der Waals surface area (Å²) in [6.45, 7) is 4.71. The normalized spacial score (nSPS) is 15.5. The molecule has 0 atom stereocenters. The van der Waals surface area contributed by atoms with Gasteiger partial charge in [0.1, 0.15) is 12.4 Å². The SMILES string of the molecule is c1cc(COc2cncc(N3CCCNCC3)c2)ccn1. The topological polar surface area (TPSA) is 50.3 Å². The number of anilines is 1. The molecule has 3 rings (SSSR count). The molecule has 0 spiro atoms. The Morgan fingerprint density at radius 3 is 2.90 bits per heavy atom. The number of hydrogen-bond donors (Lipinski definition) is 1. The van der Waals surface area contributed by atoms with Crippen molar-refractivity contribution in [2.24, 2.45) is 0 Å². The molecule has 2 aromatic heterocycles. The maximum atomic E-state index is 5.82. The number of ether oxygens (including phenoxy) is 1. The second-order valence-electron chi connectivity index (χ2n) is 5.11. The quantitative estimate of drug-likeness (QED) is 0.928. The van der Waals surface area contributed by atoms with Gasteiger partial charge in [-0.25, -0.2) is 0 Å². The van der Waals surface area contributed by atoms with Crippen molar-refractivity contribution >= 4 is 5.69 Å². The highest BCUT2D eigenvalue weighted by molar-refractivity contribution is 5.48. The zero-order valence-electron chi connectivity index (χ0n) is 12.0. The van der Waals surface area contributed by atoms with Crippen molar-refractivity contribution in [3.63, 3.8) is 0 Å². The number of aromatic nitrogens is 2. The average Bonchev–Trinajstić information content (AvgIpc) is 2.83. The van der Waals surface area contributed by atoms with E-state index in [9.17, 15) is 0 Å². The molecule has 0 radical (unpaired) electrons. The summed E-state index contributed by atoms with van der Waals surface area (Å²) in [6, 6.07) is 5.98. The molecule has 1 fully saturated rings. The fourth-order valence-corrected chi connectivity index (χ4v) is 2.41. The highest BCUT2D eigenvalue weighted by atomic mass is 16.5. The van der Waals surface area contributed by atoms with Crippen molar-refractivity contribution in [3.8, 4) is 5.75 Å². The van der Waals surface area contributed by atoms with Crippen LogP contribution in [0.25, 0.3) is 0 Å². The zero-order valence-corrected chi connectivity index (χ0v) is 12.0. The smallest absolute Gasteiger partial charge is 0.140 e. The minimum Gasteiger partial charge on any atom is -0.487 e. The van der Waals surface area contributed by atoms with Gasteiger partial charge in [-0.3, -0.25) is 9.97 Å². The summed E-state index contributed by atoms with van der Waals surface area (Å²) in [7, 11) is 0. The Balaban J connectivity index is 1.65. The highest BCUT2D eigenvalue weighted by Crippen LogP contribution is 2.21. The second-order valence-corrected chi connectivity index (χ2v) is 5.11. The second kappa shape index (κ2) is 7.04. The van der Waals surface area contributed by atoms with E-state index >= 15 is 0 Å². The Morgan fingerprint density at radius 1 is 1.10 bits per heavy atom.